The van der Waals surface area contributed by atoms with E-state index < -0.39 is 11.9 Å². The van der Waals surface area contributed by atoms with Crippen LogP contribution in [0.5, 0.6) is 11.5 Å². The highest BCUT2D eigenvalue weighted by atomic mass is 16.5. The zero-order valence-corrected chi connectivity index (χ0v) is 17.8. The average molecular weight is 429 g/mol. The summed E-state index contributed by atoms with van der Waals surface area (Å²) in [7, 11) is 4.44. The van der Waals surface area contributed by atoms with Crippen LogP contribution in [0.4, 0.5) is 5.69 Å². The fourth-order valence-electron chi connectivity index (χ4n) is 2.88. The Morgan fingerprint density at radius 3 is 2.10 bits per heavy atom. The smallest absolute Gasteiger partial charge is 0.319 e. The van der Waals surface area contributed by atoms with E-state index in [2.05, 4.69) is 5.32 Å². The van der Waals surface area contributed by atoms with Crippen LogP contribution < -0.4 is 20.5 Å². The Bertz CT molecular complexity index is 892. The van der Waals surface area contributed by atoms with Crippen molar-refractivity contribution in [2.45, 2.75) is 13.0 Å². The van der Waals surface area contributed by atoms with Gasteiger partial charge in [-0.25, -0.2) is 0 Å². The second-order valence-corrected chi connectivity index (χ2v) is 6.75. The van der Waals surface area contributed by atoms with Crippen LogP contribution in [0.1, 0.15) is 22.3 Å². The van der Waals surface area contributed by atoms with Crippen molar-refractivity contribution in [2.75, 3.05) is 39.7 Å². The third kappa shape index (κ3) is 7.63. The highest BCUT2D eigenvalue weighted by Gasteiger charge is 2.15. The lowest BCUT2D eigenvalue weighted by molar-refractivity contribution is -0.142. The molecule has 9 nitrogen and oxygen atoms in total. The number of amides is 2. The van der Waals surface area contributed by atoms with Gasteiger partial charge in [0.15, 0.2) is 0 Å². The first-order valence-electron chi connectivity index (χ1n) is 9.55. The number of nitrogens with zero attached hydrogens (tertiary/aromatic N) is 1. The maximum atomic E-state index is 12.4. The van der Waals surface area contributed by atoms with E-state index >= 15 is 0 Å². The van der Waals surface area contributed by atoms with Crippen LogP contribution in [-0.2, 0) is 20.9 Å². The number of hydrogen-bond acceptors (Lipinski definition) is 7. The minimum atomic E-state index is -0.537. The molecule has 0 aliphatic heterocycles. The number of primary amides is 1. The number of anilines is 1. The first kappa shape index (κ1) is 23.7. The van der Waals surface area contributed by atoms with Gasteiger partial charge in [-0.2, -0.15) is 0 Å². The summed E-state index contributed by atoms with van der Waals surface area (Å²) in [6.07, 6.45) is 0.148. The Kier molecular flexibility index (Phi) is 8.83. The van der Waals surface area contributed by atoms with E-state index in [0.717, 1.165) is 5.56 Å². The van der Waals surface area contributed by atoms with Gasteiger partial charge >= 0.3 is 5.97 Å². The van der Waals surface area contributed by atoms with Crippen LogP contribution in [0.3, 0.4) is 0 Å². The number of hydrogen-bond donors (Lipinski definition) is 2. The highest BCUT2D eigenvalue weighted by Crippen LogP contribution is 2.23. The van der Waals surface area contributed by atoms with E-state index in [4.69, 9.17) is 19.9 Å². The summed E-state index contributed by atoms with van der Waals surface area (Å²) in [5.74, 6) is 0.0850. The number of carbonyl (C=O) groups is 3. The maximum absolute atomic E-state index is 12.4. The molecule has 2 aromatic rings. The maximum Gasteiger partial charge on any atom is 0.319 e. The van der Waals surface area contributed by atoms with Crippen LogP contribution >= 0.6 is 0 Å². The largest absolute Gasteiger partial charge is 0.497 e. The van der Waals surface area contributed by atoms with Gasteiger partial charge in [-0.05, 0) is 42.0 Å². The SMILES string of the molecule is COC(=O)CN(CCC(=O)Nc1ccc(C(N)=O)cc1)Cc1cc(OC)cc(OC)c1. The number of esters is 1. The van der Waals surface area contributed by atoms with E-state index in [1.807, 2.05) is 12.1 Å². The number of nitrogens with two attached hydrogens (primary N) is 1. The molecule has 2 aromatic carbocycles. The monoisotopic (exact) mass is 429 g/mol. The topological polar surface area (TPSA) is 120 Å². The molecule has 0 radical (unpaired) electrons. The lowest BCUT2D eigenvalue weighted by Crippen LogP contribution is -2.33. The van der Waals surface area contributed by atoms with E-state index in [1.54, 1.807) is 37.3 Å². The molecule has 0 atom stereocenters. The molecule has 0 aromatic heterocycles. The van der Waals surface area contributed by atoms with Gasteiger partial charge in [-0.3, -0.25) is 19.3 Å². The van der Waals surface area contributed by atoms with Crippen molar-refractivity contribution in [3.63, 3.8) is 0 Å². The van der Waals surface area contributed by atoms with Crippen LogP contribution in [-0.4, -0.2) is 57.1 Å². The molecule has 2 amide bonds. The van der Waals surface area contributed by atoms with Gasteiger partial charge in [0.1, 0.15) is 11.5 Å². The molecular formula is C22H27N3O6. The first-order valence-corrected chi connectivity index (χ1v) is 9.55. The predicted octanol–water partition coefficient (Wildman–Crippen LogP) is 1.81. The van der Waals surface area contributed by atoms with E-state index in [-0.39, 0.29) is 18.9 Å². The van der Waals surface area contributed by atoms with Crippen LogP contribution in [0.15, 0.2) is 42.5 Å². The number of methoxy groups -OCH3 is 3. The molecule has 9 heteroatoms. The Balaban J connectivity index is 2.02. The number of nitrogens with one attached hydrogen (secondary N) is 1. The summed E-state index contributed by atoms with van der Waals surface area (Å²) >= 11 is 0. The molecule has 0 unspecified atom stereocenters. The molecule has 166 valence electrons. The normalized spacial score (nSPS) is 10.5. The summed E-state index contributed by atoms with van der Waals surface area (Å²) in [6.45, 7) is 0.736. The molecule has 0 bridgehead atoms. The second kappa shape index (κ2) is 11.6. The van der Waals surface area contributed by atoms with E-state index in [0.29, 0.717) is 35.8 Å². The quantitative estimate of drug-likeness (QED) is 0.523. The Morgan fingerprint density at radius 2 is 1.58 bits per heavy atom. The third-order valence-electron chi connectivity index (χ3n) is 4.51. The van der Waals surface area contributed by atoms with Gasteiger partial charge < -0.3 is 25.3 Å². The fraction of sp³-hybridized carbons (Fsp3) is 0.318. The molecular weight excluding hydrogens is 402 g/mol. The Morgan fingerprint density at radius 1 is 0.968 bits per heavy atom. The Hall–Kier alpha value is -3.59. The van der Waals surface area contributed by atoms with Crippen molar-refractivity contribution in [1.82, 2.24) is 4.90 Å². The van der Waals surface area contributed by atoms with Crippen molar-refractivity contribution in [3.05, 3.63) is 53.6 Å². The minimum absolute atomic E-state index is 0.0244. The van der Waals surface area contributed by atoms with Crippen LogP contribution in [0.2, 0.25) is 0 Å². The highest BCUT2D eigenvalue weighted by molar-refractivity contribution is 5.94. The molecule has 3 N–H and O–H groups in total. The van der Waals surface area contributed by atoms with E-state index in [1.165, 1.54) is 19.2 Å². The van der Waals surface area contributed by atoms with Gasteiger partial charge in [-0.15, -0.1) is 0 Å². The van der Waals surface area contributed by atoms with Crippen molar-refractivity contribution >= 4 is 23.5 Å². The number of ether oxygens (including phenoxy) is 3. The van der Waals surface area contributed by atoms with E-state index in [9.17, 15) is 14.4 Å². The lowest BCUT2D eigenvalue weighted by Gasteiger charge is -2.21. The average Bonchev–Trinajstić information content (AvgIpc) is 2.77. The third-order valence-corrected chi connectivity index (χ3v) is 4.51. The molecule has 0 fully saturated rings. The van der Waals surface area contributed by atoms with Gasteiger partial charge in [0.25, 0.3) is 0 Å². The fourth-order valence-corrected chi connectivity index (χ4v) is 2.88. The van der Waals surface area contributed by atoms with Crippen molar-refractivity contribution in [2.24, 2.45) is 5.73 Å². The molecule has 0 heterocycles. The predicted molar refractivity (Wildman–Crippen MR) is 115 cm³/mol. The molecule has 31 heavy (non-hydrogen) atoms. The summed E-state index contributed by atoms with van der Waals surface area (Å²) in [4.78, 5) is 37.1. The standard InChI is InChI=1S/C22H27N3O6/c1-29-18-10-15(11-19(12-18)30-2)13-25(14-21(27)31-3)9-8-20(26)24-17-6-4-16(5-7-17)22(23)28/h4-7,10-12H,8-9,13-14H2,1-3H3,(H2,23,28)(H,24,26). The summed E-state index contributed by atoms with van der Waals surface area (Å²) in [5.41, 5.74) is 6.98. The zero-order chi connectivity index (χ0) is 22.8. The van der Waals surface area contributed by atoms with Crippen LogP contribution in [0.25, 0.3) is 0 Å². The van der Waals surface area contributed by atoms with Crippen molar-refractivity contribution < 1.29 is 28.6 Å². The lowest BCUT2D eigenvalue weighted by atomic mass is 10.1. The van der Waals surface area contributed by atoms with Gasteiger partial charge in [0.2, 0.25) is 11.8 Å². The minimum Gasteiger partial charge on any atom is -0.497 e. The number of carbonyl (C=O) groups excluding carboxylic acids is 3. The Labute approximate surface area is 181 Å². The molecule has 2 rings (SSSR count). The van der Waals surface area contributed by atoms with Gasteiger partial charge in [0.05, 0.1) is 27.9 Å². The molecule has 0 aliphatic rings. The van der Waals surface area contributed by atoms with Gasteiger partial charge in [0, 0.05) is 36.8 Å². The summed E-state index contributed by atoms with van der Waals surface area (Å²) < 4.78 is 15.3. The van der Waals surface area contributed by atoms with Gasteiger partial charge in [-0.1, -0.05) is 0 Å². The number of benzene rings is 2. The zero-order valence-electron chi connectivity index (χ0n) is 17.8. The molecule has 0 saturated carbocycles. The van der Waals surface area contributed by atoms with Crippen LogP contribution in [0, 0.1) is 0 Å². The summed E-state index contributed by atoms with van der Waals surface area (Å²) in [5, 5.41) is 2.76. The number of rotatable bonds is 11. The summed E-state index contributed by atoms with van der Waals surface area (Å²) in [6, 6.07) is 11.7. The molecule has 0 saturated heterocycles. The van der Waals surface area contributed by atoms with Crippen molar-refractivity contribution in [3.8, 4) is 11.5 Å². The second-order valence-electron chi connectivity index (χ2n) is 6.75. The molecule has 0 spiro atoms. The van der Waals surface area contributed by atoms with Crippen molar-refractivity contribution in [1.29, 1.82) is 0 Å². The molecule has 0 aliphatic carbocycles. The first-order chi connectivity index (χ1) is 14.8.